The van der Waals surface area contributed by atoms with Crippen LogP contribution in [0.5, 0.6) is 17.2 Å². The molecule has 0 saturated heterocycles. The second-order valence-electron chi connectivity index (χ2n) is 5.91. The zero-order valence-electron chi connectivity index (χ0n) is 15.9. The Hall–Kier alpha value is -3.14. The summed E-state index contributed by atoms with van der Waals surface area (Å²) in [6.07, 6.45) is -5.53. The first kappa shape index (κ1) is 22.2. The van der Waals surface area contributed by atoms with E-state index in [0.29, 0.717) is 17.2 Å². The molecule has 0 aliphatic carbocycles. The predicted molar refractivity (Wildman–Crippen MR) is 103 cm³/mol. The topological polar surface area (TPSA) is 98.3 Å². The SMILES string of the molecule is COc1ccc(NC(N)=NCC(O)COc2cccc(C(F)(F)F)c2)cc1OC. The van der Waals surface area contributed by atoms with Crippen LogP contribution in [0.4, 0.5) is 18.9 Å². The molecule has 0 heterocycles. The third-order valence-corrected chi connectivity index (χ3v) is 3.73. The average Bonchev–Trinajstić information content (AvgIpc) is 2.70. The molecule has 0 aliphatic rings. The fourth-order valence-electron chi connectivity index (χ4n) is 2.31. The van der Waals surface area contributed by atoms with Gasteiger partial charge in [-0.25, -0.2) is 0 Å². The molecule has 0 amide bonds. The molecule has 0 aliphatic heterocycles. The second-order valence-corrected chi connectivity index (χ2v) is 5.91. The molecule has 7 nitrogen and oxygen atoms in total. The Bertz CT molecular complexity index is 844. The molecule has 0 radical (unpaired) electrons. The number of hydrogen-bond acceptors (Lipinski definition) is 5. The van der Waals surface area contributed by atoms with Gasteiger partial charge in [0, 0.05) is 11.8 Å². The van der Waals surface area contributed by atoms with E-state index in [1.807, 2.05) is 0 Å². The molecular formula is C19H22F3N3O4. The largest absolute Gasteiger partial charge is 0.493 e. The van der Waals surface area contributed by atoms with Crippen molar-refractivity contribution in [1.82, 2.24) is 0 Å². The minimum absolute atomic E-state index is 0.000667. The number of alkyl halides is 3. The normalized spacial score (nSPS) is 13.0. The van der Waals surface area contributed by atoms with Gasteiger partial charge in [0.2, 0.25) is 0 Å². The van der Waals surface area contributed by atoms with Crippen molar-refractivity contribution in [2.75, 3.05) is 32.7 Å². The van der Waals surface area contributed by atoms with Crippen molar-refractivity contribution in [3.63, 3.8) is 0 Å². The minimum atomic E-state index is -4.47. The van der Waals surface area contributed by atoms with Crippen LogP contribution in [0.3, 0.4) is 0 Å². The van der Waals surface area contributed by atoms with Crippen LogP contribution in [-0.2, 0) is 6.18 Å². The van der Waals surface area contributed by atoms with Crippen LogP contribution in [0.25, 0.3) is 0 Å². The fourth-order valence-corrected chi connectivity index (χ4v) is 2.31. The van der Waals surface area contributed by atoms with E-state index < -0.39 is 17.8 Å². The number of halogens is 3. The molecule has 158 valence electrons. The number of anilines is 1. The first-order valence-corrected chi connectivity index (χ1v) is 8.50. The monoisotopic (exact) mass is 413 g/mol. The lowest BCUT2D eigenvalue weighted by atomic mass is 10.2. The Balaban J connectivity index is 1.88. The molecule has 2 aromatic carbocycles. The van der Waals surface area contributed by atoms with Gasteiger partial charge in [0.05, 0.1) is 26.3 Å². The Morgan fingerprint density at radius 3 is 2.52 bits per heavy atom. The Kier molecular flexibility index (Phi) is 7.54. The number of nitrogens with zero attached hydrogens (tertiary/aromatic N) is 1. The summed E-state index contributed by atoms with van der Waals surface area (Å²) in [6, 6.07) is 9.46. The van der Waals surface area contributed by atoms with Crippen molar-refractivity contribution in [3.05, 3.63) is 48.0 Å². The number of guanidine groups is 1. The summed E-state index contributed by atoms with van der Waals surface area (Å²) in [6.45, 7) is -0.348. The van der Waals surface area contributed by atoms with E-state index in [-0.39, 0.29) is 24.9 Å². The van der Waals surface area contributed by atoms with Crippen molar-refractivity contribution in [1.29, 1.82) is 0 Å². The predicted octanol–water partition coefficient (Wildman–Crippen LogP) is 2.89. The lowest BCUT2D eigenvalue weighted by molar-refractivity contribution is -0.137. The number of methoxy groups -OCH3 is 2. The number of aliphatic hydroxyl groups excluding tert-OH is 1. The Morgan fingerprint density at radius 1 is 1.14 bits per heavy atom. The summed E-state index contributed by atoms with van der Waals surface area (Å²) in [5.74, 6) is 1.09. The molecule has 0 aromatic heterocycles. The fraction of sp³-hybridized carbons (Fsp3) is 0.316. The van der Waals surface area contributed by atoms with E-state index in [2.05, 4.69) is 10.3 Å². The lowest BCUT2D eigenvalue weighted by Crippen LogP contribution is -2.27. The van der Waals surface area contributed by atoms with E-state index in [9.17, 15) is 18.3 Å². The maximum atomic E-state index is 12.7. The number of nitrogens with two attached hydrogens (primary N) is 1. The quantitative estimate of drug-likeness (QED) is 0.455. The molecular weight excluding hydrogens is 391 g/mol. The second kappa shape index (κ2) is 9.87. The van der Waals surface area contributed by atoms with Gasteiger partial charge in [0.25, 0.3) is 0 Å². The molecule has 0 bridgehead atoms. The van der Waals surface area contributed by atoms with Gasteiger partial charge in [-0.15, -0.1) is 0 Å². The zero-order valence-corrected chi connectivity index (χ0v) is 15.9. The van der Waals surface area contributed by atoms with Crippen molar-refractivity contribution >= 4 is 11.6 Å². The first-order chi connectivity index (χ1) is 13.7. The van der Waals surface area contributed by atoms with Crippen LogP contribution >= 0.6 is 0 Å². The van der Waals surface area contributed by atoms with E-state index >= 15 is 0 Å². The van der Waals surface area contributed by atoms with E-state index in [1.165, 1.54) is 26.4 Å². The minimum Gasteiger partial charge on any atom is -0.493 e. The van der Waals surface area contributed by atoms with Crippen LogP contribution in [0.15, 0.2) is 47.5 Å². The Labute approximate surface area is 165 Å². The lowest BCUT2D eigenvalue weighted by Gasteiger charge is -2.13. The van der Waals surface area contributed by atoms with Crippen LogP contribution in [0.2, 0.25) is 0 Å². The van der Waals surface area contributed by atoms with Gasteiger partial charge in [0.15, 0.2) is 17.5 Å². The highest BCUT2D eigenvalue weighted by Gasteiger charge is 2.30. The molecule has 1 atom stereocenters. The number of benzene rings is 2. The molecule has 0 saturated carbocycles. The van der Waals surface area contributed by atoms with Gasteiger partial charge in [-0.05, 0) is 30.3 Å². The van der Waals surface area contributed by atoms with Gasteiger partial charge < -0.3 is 30.4 Å². The number of ether oxygens (including phenoxy) is 3. The van der Waals surface area contributed by atoms with Gasteiger partial charge in [-0.2, -0.15) is 13.2 Å². The molecule has 4 N–H and O–H groups in total. The molecule has 2 rings (SSSR count). The first-order valence-electron chi connectivity index (χ1n) is 8.50. The summed E-state index contributed by atoms with van der Waals surface area (Å²) in [5.41, 5.74) is 5.55. The Morgan fingerprint density at radius 2 is 1.86 bits per heavy atom. The number of aliphatic imine (C=N–C) groups is 1. The average molecular weight is 413 g/mol. The molecule has 1 unspecified atom stereocenters. The summed E-state index contributed by atoms with van der Waals surface area (Å²) >= 11 is 0. The molecule has 2 aromatic rings. The third kappa shape index (κ3) is 6.75. The summed E-state index contributed by atoms with van der Waals surface area (Å²) in [4.78, 5) is 3.99. The maximum absolute atomic E-state index is 12.7. The third-order valence-electron chi connectivity index (χ3n) is 3.73. The van der Waals surface area contributed by atoms with Crippen LogP contribution in [-0.4, -0.2) is 44.5 Å². The van der Waals surface area contributed by atoms with Crippen LogP contribution < -0.4 is 25.3 Å². The molecule has 29 heavy (non-hydrogen) atoms. The van der Waals surface area contributed by atoms with Gasteiger partial charge in [-0.1, -0.05) is 6.07 Å². The standard InChI is InChI=1S/C19H22F3N3O4/c1-27-16-7-6-13(9-17(16)28-2)25-18(23)24-10-14(26)11-29-15-5-3-4-12(8-15)19(20,21)22/h3-9,14,26H,10-11H2,1-2H3,(H3,23,24,25). The number of aliphatic hydroxyl groups is 1. The van der Waals surface area contributed by atoms with E-state index in [0.717, 1.165) is 12.1 Å². The zero-order chi connectivity index (χ0) is 21.4. The van der Waals surface area contributed by atoms with Gasteiger partial charge in [-0.3, -0.25) is 4.99 Å². The van der Waals surface area contributed by atoms with Crippen molar-refractivity contribution in [2.24, 2.45) is 10.7 Å². The molecule has 0 spiro atoms. The molecule has 0 fully saturated rings. The van der Waals surface area contributed by atoms with Crippen LogP contribution in [0.1, 0.15) is 5.56 Å². The van der Waals surface area contributed by atoms with Gasteiger partial charge in [0.1, 0.15) is 18.5 Å². The molecule has 10 heteroatoms. The highest BCUT2D eigenvalue weighted by Crippen LogP contribution is 2.31. The summed E-state index contributed by atoms with van der Waals surface area (Å²) in [7, 11) is 3.02. The maximum Gasteiger partial charge on any atom is 0.416 e. The number of hydrogen-bond donors (Lipinski definition) is 3. The van der Waals surface area contributed by atoms with Crippen LogP contribution in [0, 0.1) is 0 Å². The number of rotatable bonds is 8. The van der Waals surface area contributed by atoms with Crippen molar-refractivity contribution in [3.8, 4) is 17.2 Å². The van der Waals surface area contributed by atoms with Crippen molar-refractivity contribution < 1.29 is 32.5 Å². The summed E-state index contributed by atoms with van der Waals surface area (Å²) in [5, 5.41) is 12.8. The summed E-state index contributed by atoms with van der Waals surface area (Å²) < 4.78 is 53.6. The number of nitrogens with one attached hydrogen (secondary N) is 1. The highest BCUT2D eigenvalue weighted by atomic mass is 19.4. The highest BCUT2D eigenvalue weighted by molar-refractivity contribution is 5.92. The van der Waals surface area contributed by atoms with E-state index in [4.69, 9.17) is 19.9 Å². The van der Waals surface area contributed by atoms with E-state index in [1.54, 1.807) is 18.2 Å². The van der Waals surface area contributed by atoms with Crippen molar-refractivity contribution in [2.45, 2.75) is 12.3 Å². The smallest absolute Gasteiger partial charge is 0.416 e. The van der Waals surface area contributed by atoms with Gasteiger partial charge >= 0.3 is 6.18 Å².